The smallest absolute Gasteiger partial charge is 0.264 e. The number of benzene rings is 1. The van der Waals surface area contributed by atoms with Crippen molar-refractivity contribution >= 4 is 10.9 Å². The normalized spacial score (nSPS) is 21.0. The third-order valence-corrected chi connectivity index (χ3v) is 4.19. The highest BCUT2D eigenvalue weighted by molar-refractivity contribution is 5.77. The second-order valence-corrected chi connectivity index (χ2v) is 5.73. The van der Waals surface area contributed by atoms with E-state index in [9.17, 15) is 9.18 Å². The molecule has 0 aliphatic carbocycles. The molecule has 3 rings (SSSR count). The molecule has 0 amide bonds. The molecule has 2 heterocycles. The van der Waals surface area contributed by atoms with Crippen molar-refractivity contribution in [2.75, 3.05) is 33.7 Å². The van der Waals surface area contributed by atoms with Crippen LogP contribution in [0.1, 0.15) is 0 Å². The summed E-state index contributed by atoms with van der Waals surface area (Å²) >= 11 is 0. The Labute approximate surface area is 122 Å². The van der Waals surface area contributed by atoms with Gasteiger partial charge in [-0.2, -0.15) is 0 Å². The van der Waals surface area contributed by atoms with Crippen molar-refractivity contribution in [2.45, 2.75) is 12.6 Å². The molecule has 1 aromatic carbocycles. The topological polar surface area (TPSA) is 41.4 Å². The summed E-state index contributed by atoms with van der Waals surface area (Å²) in [6, 6.07) is 4.76. The van der Waals surface area contributed by atoms with E-state index in [-0.39, 0.29) is 17.0 Å². The minimum Gasteiger partial charge on any atom is -0.303 e. The second kappa shape index (κ2) is 5.54. The average Bonchev–Trinajstić information content (AvgIpc) is 2.46. The van der Waals surface area contributed by atoms with E-state index in [1.54, 1.807) is 12.1 Å². The Hall–Kier alpha value is -1.79. The fourth-order valence-corrected chi connectivity index (χ4v) is 2.82. The van der Waals surface area contributed by atoms with E-state index >= 15 is 0 Å². The van der Waals surface area contributed by atoms with Crippen LogP contribution in [0.15, 0.2) is 29.3 Å². The lowest BCUT2D eigenvalue weighted by Crippen LogP contribution is -2.52. The van der Waals surface area contributed by atoms with E-state index in [2.05, 4.69) is 28.9 Å². The van der Waals surface area contributed by atoms with E-state index in [4.69, 9.17) is 0 Å². The molecule has 1 aromatic heterocycles. The van der Waals surface area contributed by atoms with Crippen LogP contribution >= 0.6 is 0 Å². The Kier molecular flexibility index (Phi) is 3.73. The molecule has 1 atom stereocenters. The van der Waals surface area contributed by atoms with Crippen LogP contribution < -0.4 is 5.56 Å². The first-order valence-corrected chi connectivity index (χ1v) is 7.08. The quantitative estimate of drug-likeness (QED) is 0.820. The molecule has 0 spiro atoms. The van der Waals surface area contributed by atoms with E-state index in [0.717, 1.165) is 19.6 Å². The summed E-state index contributed by atoms with van der Waals surface area (Å²) in [6.45, 7) is 3.40. The van der Waals surface area contributed by atoms with Crippen LogP contribution in [0.5, 0.6) is 0 Å². The number of nitrogens with zero attached hydrogens (tertiary/aromatic N) is 4. The molecule has 0 radical (unpaired) electrons. The third-order valence-electron chi connectivity index (χ3n) is 4.19. The number of piperazine rings is 1. The molecule has 2 aromatic rings. The number of rotatable bonds is 2. The maximum Gasteiger partial charge on any atom is 0.264 e. The molecular weight excluding hydrogens is 271 g/mol. The van der Waals surface area contributed by atoms with Crippen LogP contribution in [-0.4, -0.2) is 59.1 Å². The van der Waals surface area contributed by atoms with Crippen molar-refractivity contribution in [1.29, 1.82) is 0 Å². The second-order valence-electron chi connectivity index (χ2n) is 5.73. The molecule has 1 saturated heterocycles. The molecule has 21 heavy (non-hydrogen) atoms. The molecule has 0 N–H and O–H groups in total. The number of hydrogen-bond acceptors (Lipinski definition) is 4. The number of halogens is 1. The largest absolute Gasteiger partial charge is 0.303 e. The minimum absolute atomic E-state index is 0.0758. The van der Waals surface area contributed by atoms with Gasteiger partial charge in [0, 0.05) is 32.2 Å². The van der Waals surface area contributed by atoms with Gasteiger partial charge in [-0.15, -0.1) is 0 Å². The molecule has 1 fully saturated rings. The number of fused-ring (bicyclic) bond motifs is 1. The van der Waals surface area contributed by atoms with Gasteiger partial charge in [0.1, 0.15) is 11.2 Å². The summed E-state index contributed by atoms with van der Waals surface area (Å²) in [6.07, 6.45) is 1.52. The van der Waals surface area contributed by atoms with E-state index in [1.807, 2.05) is 0 Å². The number of hydrogen-bond donors (Lipinski definition) is 0. The van der Waals surface area contributed by atoms with E-state index < -0.39 is 5.82 Å². The highest BCUT2D eigenvalue weighted by Gasteiger charge is 2.23. The van der Waals surface area contributed by atoms with Gasteiger partial charge in [0.2, 0.25) is 0 Å². The molecule has 0 bridgehead atoms. The number of aromatic nitrogens is 2. The Bertz CT molecular complexity index is 714. The molecule has 112 valence electrons. The highest BCUT2D eigenvalue weighted by atomic mass is 19.1. The van der Waals surface area contributed by atoms with Crippen LogP contribution in [0.3, 0.4) is 0 Å². The Morgan fingerprint density at radius 1 is 1.33 bits per heavy atom. The molecule has 6 heteroatoms. The van der Waals surface area contributed by atoms with Gasteiger partial charge in [0.05, 0.1) is 11.8 Å². The Morgan fingerprint density at radius 3 is 2.95 bits per heavy atom. The van der Waals surface area contributed by atoms with E-state index in [1.165, 1.54) is 17.0 Å². The zero-order valence-corrected chi connectivity index (χ0v) is 12.3. The van der Waals surface area contributed by atoms with Crippen LogP contribution in [0.2, 0.25) is 0 Å². The fourth-order valence-electron chi connectivity index (χ4n) is 2.82. The summed E-state index contributed by atoms with van der Waals surface area (Å²) in [5.74, 6) is -0.506. The summed E-state index contributed by atoms with van der Waals surface area (Å²) in [4.78, 5) is 21.1. The van der Waals surface area contributed by atoms with Gasteiger partial charge >= 0.3 is 0 Å². The monoisotopic (exact) mass is 290 g/mol. The zero-order valence-electron chi connectivity index (χ0n) is 12.3. The fraction of sp³-hybridized carbons (Fsp3) is 0.467. The highest BCUT2D eigenvalue weighted by Crippen LogP contribution is 2.12. The van der Waals surface area contributed by atoms with Crippen molar-refractivity contribution < 1.29 is 4.39 Å². The van der Waals surface area contributed by atoms with Crippen molar-refractivity contribution in [2.24, 2.45) is 0 Å². The van der Waals surface area contributed by atoms with Crippen LogP contribution in [0.25, 0.3) is 10.9 Å². The van der Waals surface area contributed by atoms with Gasteiger partial charge in [0.25, 0.3) is 5.56 Å². The van der Waals surface area contributed by atoms with Crippen molar-refractivity contribution in [3.63, 3.8) is 0 Å². The SMILES string of the molecule is CN1CCN(C)[C@H](Cn2cnc3cccc(F)c3c2=O)C1. The zero-order chi connectivity index (χ0) is 15.0. The van der Waals surface area contributed by atoms with Gasteiger partial charge < -0.3 is 4.90 Å². The standard InChI is InChI=1S/C15H19FN4O/c1-18-6-7-19(2)11(8-18)9-20-10-17-13-5-3-4-12(16)14(13)15(20)21/h3-5,10-11H,6-9H2,1-2H3/t11-/m0/s1. The molecule has 1 aliphatic rings. The first-order chi connectivity index (χ1) is 10.1. The van der Waals surface area contributed by atoms with Gasteiger partial charge in [0.15, 0.2) is 0 Å². The maximum absolute atomic E-state index is 13.9. The third kappa shape index (κ3) is 2.69. The predicted molar refractivity (Wildman–Crippen MR) is 79.9 cm³/mol. The van der Waals surface area contributed by atoms with Crippen LogP contribution in [0, 0.1) is 5.82 Å². The lowest BCUT2D eigenvalue weighted by molar-refractivity contribution is 0.102. The molecule has 0 saturated carbocycles. The van der Waals surface area contributed by atoms with Crippen LogP contribution in [0.4, 0.5) is 4.39 Å². The van der Waals surface area contributed by atoms with Gasteiger partial charge in [-0.25, -0.2) is 9.37 Å². The first-order valence-electron chi connectivity index (χ1n) is 7.08. The molecular formula is C15H19FN4O. The van der Waals surface area contributed by atoms with Crippen molar-refractivity contribution in [3.05, 3.63) is 40.7 Å². The summed E-state index contributed by atoms with van der Waals surface area (Å²) in [5, 5.41) is 0.0758. The summed E-state index contributed by atoms with van der Waals surface area (Å²) in [7, 11) is 4.12. The molecule has 5 nitrogen and oxygen atoms in total. The summed E-state index contributed by atoms with van der Waals surface area (Å²) in [5.41, 5.74) is 0.102. The number of likely N-dealkylation sites (N-methyl/N-ethyl adjacent to an activating group) is 2. The lowest BCUT2D eigenvalue weighted by atomic mass is 10.2. The Balaban J connectivity index is 1.96. The molecule has 1 aliphatic heterocycles. The van der Waals surface area contributed by atoms with Gasteiger partial charge in [-0.3, -0.25) is 14.3 Å². The van der Waals surface area contributed by atoms with Gasteiger partial charge in [-0.05, 0) is 26.2 Å². The Morgan fingerprint density at radius 2 is 2.14 bits per heavy atom. The first kappa shape index (κ1) is 14.2. The molecule has 0 unspecified atom stereocenters. The van der Waals surface area contributed by atoms with Crippen molar-refractivity contribution in [1.82, 2.24) is 19.4 Å². The minimum atomic E-state index is -0.506. The van der Waals surface area contributed by atoms with Gasteiger partial charge in [-0.1, -0.05) is 6.07 Å². The van der Waals surface area contributed by atoms with E-state index in [0.29, 0.717) is 12.1 Å². The average molecular weight is 290 g/mol. The lowest BCUT2D eigenvalue weighted by Gasteiger charge is -2.37. The van der Waals surface area contributed by atoms with Crippen LogP contribution in [-0.2, 0) is 6.54 Å². The maximum atomic E-state index is 13.9. The van der Waals surface area contributed by atoms with Crippen molar-refractivity contribution in [3.8, 4) is 0 Å². The summed E-state index contributed by atoms with van der Waals surface area (Å²) < 4.78 is 15.4. The predicted octanol–water partition coefficient (Wildman–Crippen LogP) is 0.781.